The molecule has 0 fully saturated rings. The SMILES string of the molecule is CC1=NC2=C(C(=O)CCC2)[C@@H](c2cc3c(cc2Br)OCO3)C1C(=O)OCc1ccccc1. The van der Waals surface area contributed by atoms with E-state index in [1.165, 1.54) is 0 Å². The predicted molar refractivity (Wildman–Crippen MR) is 122 cm³/mol. The van der Waals surface area contributed by atoms with Gasteiger partial charge in [0, 0.05) is 33.8 Å². The largest absolute Gasteiger partial charge is 0.460 e. The highest BCUT2D eigenvalue weighted by Gasteiger charge is 2.44. The smallest absolute Gasteiger partial charge is 0.315 e. The third-order valence-corrected chi connectivity index (χ3v) is 6.83. The Morgan fingerprint density at radius 3 is 2.69 bits per heavy atom. The first-order valence-corrected chi connectivity index (χ1v) is 11.4. The third-order valence-electron chi connectivity index (χ3n) is 6.14. The molecule has 1 unspecified atom stereocenters. The highest BCUT2D eigenvalue weighted by atomic mass is 79.9. The van der Waals surface area contributed by atoms with Crippen molar-refractivity contribution in [2.24, 2.45) is 10.9 Å². The van der Waals surface area contributed by atoms with Gasteiger partial charge >= 0.3 is 5.97 Å². The Kier molecular flexibility index (Phi) is 5.59. The van der Waals surface area contributed by atoms with Gasteiger partial charge in [-0.15, -0.1) is 0 Å². The van der Waals surface area contributed by atoms with Gasteiger partial charge in [-0.3, -0.25) is 14.6 Å². The lowest BCUT2D eigenvalue weighted by atomic mass is 9.71. The minimum Gasteiger partial charge on any atom is -0.460 e. The first kappa shape index (κ1) is 20.9. The van der Waals surface area contributed by atoms with Gasteiger partial charge in [0.05, 0.1) is 0 Å². The van der Waals surface area contributed by atoms with Crippen LogP contribution in [-0.4, -0.2) is 24.3 Å². The molecule has 6 nitrogen and oxygen atoms in total. The molecule has 0 N–H and O–H groups in total. The van der Waals surface area contributed by atoms with Crippen LogP contribution in [0.2, 0.25) is 0 Å². The van der Waals surface area contributed by atoms with Crippen LogP contribution in [0.4, 0.5) is 0 Å². The summed E-state index contributed by atoms with van der Waals surface area (Å²) < 4.78 is 17.5. The molecule has 2 aliphatic heterocycles. The van der Waals surface area contributed by atoms with E-state index in [9.17, 15) is 9.59 Å². The zero-order valence-corrected chi connectivity index (χ0v) is 19.2. The van der Waals surface area contributed by atoms with E-state index < -0.39 is 17.8 Å². The minimum atomic E-state index is -0.698. The van der Waals surface area contributed by atoms with Gasteiger partial charge in [-0.05, 0) is 43.0 Å². The molecule has 32 heavy (non-hydrogen) atoms. The first-order chi connectivity index (χ1) is 15.5. The van der Waals surface area contributed by atoms with Gasteiger partial charge in [-0.1, -0.05) is 46.3 Å². The summed E-state index contributed by atoms with van der Waals surface area (Å²) in [5.74, 6) is -0.314. The fourth-order valence-corrected chi connectivity index (χ4v) is 5.21. The van der Waals surface area contributed by atoms with Crippen LogP contribution in [-0.2, 0) is 20.9 Å². The van der Waals surface area contributed by atoms with E-state index >= 15 is 0 Å². The van der Waals surface area contributed by atoms with Crippen molar-refractivity contribution in [1.82, 2.24) is 0 Å². The number of allylic oxidation sites excluding steroid dienone is 2. The maximum absolute atomic E-state index is 13.4. The molecule has 2 atom stereocenters. The second kappa shape index (κ2) is 8.54. The topological polar surface area (TPSA) is 74.2 Å². The quantitative estimate of drug-likeness (QED) is 0.551. The summed E-state index contributed by atoms with van der Waals surface area (Å²) in [7, 11) is 0. The molecular weight excluding hydrogens is 474 g/mol. The Labute approximate surface area is 194 Å². The average molecular weight is 496 g/mol. The number of aliphatic imine (C=N–C) groups is 1. The van der Waals surface area contributed by atoms with E-state index in [4.69, 9.17) is 19.2 Å². The number of halogens is 1. The highest BCUT2D eigenvalue weighted by Crippen LogP contribution is 2.48. The van der Waals surface area contributed by atoms with Crippen molar-refractivity contribution in [3.8, 4) is 11.5 Å². The number of rotatable bonds is 4. The molecule has 7 heteroatoms. The van der Waals surface area contributed by atoms with E-state index in [-0.39, 0.29) is 19.2 Å². The Morgan fingerprint density at radius 2 is 1.91 bits per heavy atom. The third kappa shape index (κ3) is 3.75. The van der Waals surface area contributed by atoms with E-state index in [0.717, 1.165) is 34.1 Å². The second-order valence-corrected chi connectivity index (χ2v) is 9.02. The van der Waals surface area contributed by atoms with Gasteiger partial charge in [0.1, 0.15) is 12.5 Å². The number of ketones is 1. The molecule has 1 aliphatic carbocycles. The van der Waals surface area contributed by atoms with Crippen molar-refractivity contribution >= 4 is 33.4 Å². The second-order valence-electron chi connectivity index (χ2n) is 8.17. The van der Waals surface area contributed by atoms with Crippen molar-refractivity contribution in [3.63, 3.8) is 0 Å². The first-order valence-electron chi connectivity index (χ1n) is 10.6. The summed E-state index contributed by atoms with van der Waals surface area (Å²) in [6, 6.07) is 13.2. The van der Waals surface area contributed by atoms with Gasteiger partial charge in [0.2, 0.25) is 6.79 Å². The molecular formula is C25H22BrNO5. The normalized spacial score (nSPS) is 21.8. The summed E-state index contributed by atoms with van der Waals surface area (Å²) in [6.07, 6.45) is 1.95. The van der Waals surface area contributed by atoms with E-state index in [0.29, 0.717) is 29.2 Å². The summed E-state index contributed by atoms with van der Waals surface area (Å²) in [4.78, 5) is 31.1. The van der Waals surface area contributed by atoms with Crippen LogP contribution in [0.25, 0.3) is 0 Å². The molecule has 2 aromatic carbocycles. The Balaban J connectivity index is 1.56. The number of carbonyl (C=O) groups excluding carboxylic acids is 2. The van der Waals surface area contributed by atoms with Crippen LogP contribution in [0.1, 0.15) is 43.2 Å². The molecule has 0 amide bonds. The maximum Gasteiger partial charge on any atom is 0.315 e. The Hall–Kier alpha value is -2.93. The van der Waals surface area contributed by atoms with Gasteiger partial charge in [0.25, 0.3) is 0 Å². The predicted octanol–water partition coefficient (Wildman–Crippen LogP) is 5.10. The average Bonchev–Trinajstić information content (AvgIpc) is 3.24. The number of nitrogens with zero attached hydrogens (tertiary/aromatic N) is 1. The number of hydrogen-bond acceptors (Lipinski definition) is 6. The van der Waals surface area contributed by atoms with Gasteiger partial charge in [0.15, 0.2) is 17.3 Å². The van der Waals surface area contributed by atoms with E-state index in [2.05, 4.69) is 15.9 Å². The molecule has 0 saturated carbocycles. The summed E-state index contributed by atoms with van der Waals surface area (Å²) in [5, 5.41) is 0. The van der Waals surface area contributed by atoms with Crippen LogP contribution in [0.3, 0.4) is 0 Å². The summed E-state index contributed by atoms with van der Waals surface area (Å²) in [5.41, 5.74) is 3.75. The monoisotopic (exact) mass is 495 g/mol. The number of ether oxygens (including phenoxy) is 3. The zero-order valence-electron chi connectivity index (χ0n) is 17.6. The van der Waals surface area contributed by atoms with Crippen molar-refractivity contribution in [1.29, 1.82) is 0 Å². The molecule has 2 heterocycles. The van der Waals surface area contributed by atoms with Crippen LogP contribution in [0, 0.1) is 5.92 Å². The van der Waals surface area contributed by atoms with Gasteiger partial charge in [-0.2, -0.15) is 0 Å². The number of fused-ring (bicyclic) bond motifs is 1. The van der Waals surface area contributed by atoms with Crippen molar-refractivity contribution in [2.45, 2.75) is 38.7 Å². The molecule has 0 bridgehead atoms. The molecule has 3 aliphatic rings. The fraction of sp³-hybridized carbons (Fsp3) is 0.320. The summed E-state index contributed by atoms with van der Waals surface area (Å²) in [6.45, 7) is 2.15. The van der Waals surface area contributed by atoms with Crippen molar-refractivity contribution < 1.29 is 23.8 Å². The Morgan fingerprint density at radius 1 is 1.16 bits per heavy atom. The minimum absolute atomic E-state index is 0.0397. The number of Topliss-reactive ketones (excluding diaryl/α,β-unsaturated/α-hetero) is 1. The molecule has 164 valence electrons. The van der Waals surface area contributed by atoms with E-state index in [1.807, 2.05) is 49.4 Å². The van der Waals surface area contributed by atoms with Crippen LogP contribution in [0.15, 0.2) is 63.2 Å². The number of carbonyl (C=O) groups is 2. The lowest BCUT2D eigenvalue weighted by molar-refractivity contribution is -0.148. The standard InChI is InChI=1S/C25H22BrNO5/c1-14-22(25(29)30-12-15-6-3-2-4-7-15)23(24-18(27-14)8-5-9-19(24)28)16-10-20-21(11-17(16)26)32-13-31-20/h2-4,6-7,10-11,22-23H,5,8-9,12-13H2,1H3/t22?,23-/m0/s1. The van der Waals surface area contributed by atoms with Crippen molar-refractivity contribution in [3.05, 3.63) is 69.3 Å². The van der Waals surface area contributed by atoms with Crippen LogP contribution >= 0.6 is 15.9 Å². The summed E-state index contributed by atoms with van der Waals surface area (Å²) >= 11 is 3.63. The van der Waals surface area contributed by atoms with Gasteiger partial charge in [-0.25, -0.2) is 0 Å². The lowest BCUT2D eigenvalue weighted by Crippen LogP contribution is -2.37. The lowest BCUT2D eigenvalue weighted by Gasteiger charge is -2.35. The van der Waals surface area contributed by atoms with Gasteiger partial charge < -0.3 is 14.2 Å². The van der Waals surface area contributed by atoms with Crippen LogP contribution in [0.5, 0.6) is 11.5 Å². The molecule has 0 spiro atoms. The van der Waals surface area contributed by atoms with Crippen LogP contribution < -0.4 is 9.47 Å². The fourth-order valence-electron chi connectivity index (χ4n) is 4.64. The number of benzene rings is 2. The molecule has 2 aromatic rings. The van der Waals surface area contributed by atoms with Crippen molar-refractivity contribution in [2.75, 3.05) is 6.79 Å². The Bertz CT molecular complexity index is 1150. The van der Waals surface area contributed by atoms with E-state index in [1.54, 1.807) is 0 Å². The maximum atomic E-state index is 13.4. The highest BCUT2D eigenvalue weighted by molar-refractivity contribution is 9.10. The number of hydrogen-bond donors (Lipinski definition) is 0. The zero-order chi connectivity index (χ0) is 22.2. The molecule has 5 rings (SSSR count). The molecule has 0 saturated heterocycles. The number of esters is 1. The molecule has 0 radical (unpaired) electrons. The molecule has 0 aromatic heterocycles.